The number of rotatable bonds is 39. The fourth-order valence-corrected chi connectivity index (χ4v) is 7.06. The van der Waals surface area contributed by atoms with Gasteiger partial charge in [-0.05, 0) is 64.2 Å². The first-order chi connectivity index (χ1) is 27.8. The standard InChI is InChI=1S/C47H86O10/c1-3-5-7-9-11-13-15-17-19-20-22-24-26-28-30-32-34-36-43(50)56-40(39-55-47-46(53)45(52)44(51)41(37-48)57-47)38-54-42(49)35-33-31-29-27-25-23-21-18-16-14-12-10-8-6-4-2/h17,19,23,25,40-41,44-48,51-53H,3-16,18,20-22,24,26-39H2,1-2H3/b19-17+,25-23+/t40-,41-,44+,45?,46?,47-/m1/s1. The van der Waals surface area contributed by atoms with Crippen molar-refractivity contribution in [3.05, 3.63) is 24.3 Å². The lowest BCUT2D eigenvalue weighted by Crippen LogP contribution is -2.59. The van der Waals surface area contributed by atoms with Crippen LogP contribution in [0.15, 0.2) is 24.3 Å². The first-order valence-electron chi connectivity index (χ1n) is 23.4. The van der Waals surface area contributed by atoms with Crippen molar-refractivity contribution in [2.24, 2.45) is 0 Å². The quantitative estimate of drug-likeness (QED) is 0.0268. The molecule has 0 spiro atoms. The molecule has 0 radical (unpaired) electrons. The second-order valence-electron chi connectivity index (χ2n) is 16.2. The Kier molecular flexibility index (Phi) is 35.8. The zero-order chi connectivity index (χ0) is 41.6. The van der Waals surface area contributed by atoms with Gasteiger partial charge in [-0.25, -0.2) is 0 Å². The molecule has 4 N–H and O–H groups in total. The van der Waals surface area contributed by atoms with Crippen LogP contribution < -0.4 is 0 Å². The molecule has 57 heavy (non-hydrogen) atoms. The fraction of sp³-hybridized carbons (Fsp3) is 0.872. The first-order valence-corrected chi connectivity index (χ1v) is 23.4. The molecule has 2 unspecified atom stereocenters. The highest BCUT2D eigenvalue weighted by molar-refractivity contribution is 5.70. The molecule has 0 bridgehead atoms. The Labute approximate surface area is 347 Å². The lowest BCUT2D eigenvalue weighted by Gasteiger charge is -2.39. The predicted molar refractivity (Wildman–Crippen MR) is 229 cm³/mol. The van der Waals surface area contributed by atoms with Gasteiger partial charge in [-0.15, -0.1) is 0 Å². The molecule has 1 heterocycles. The molecule has 0 aromatic heterocycles. The first kappa shape index (κ1) is 53.2. The minimum atomic E-state index is -1.60. The minimum absolute atomic E-state index is 0.224. The van der Waals surface area contributed by atoms with Crippen LogP contribution in [0.25, 0.3) is 0 Å². The average molecular weight is 811 g/mol. The van der Waals surface area contributed by atoms with Gasteiger partial charge in [-0.1, -0.05) is 154 Å². The Bertz CT molecular complexity index is 985. The van der Waals surface area contributed by atoms with E-state index in [2.05, 4.69) is 38.2 Å². The molecule has 1 aliphatic rings. The second-order valence-corrected chi connectivity index (χ2v) is 16.2. The molecule has 0 amide bonds. The van der Waals surface area contributed by atoms with Crippen LogP contribution in [-0.2, 0) is 28.5 Å². The lowest BCUT2D eigenvalue weighted by molar-refractivity contribution is -0.305. The normalized spacial score (nSPS) is 20.4. The van der Waals surface area contributed by atoms with E-state index < -0.39 is 55.4 Å². The summed E-state index contributed by atoms with van der Waals surface area (Å²) in [4.78, 5) is 25.3. The Morgan fingerprint density at radius 2 is 0.930 bits per heavy atom. The number of ether oxygens (including phenoxy) is 4. The van der Waals surface area contributed by atoms with Gasteiger partial charge >= 0.3 is 11.9 Å². The maximum absolute atomic E-state index is 12.8. The van der Waals surface area contributed by atoms with Gasteiger partial charge in [0, 0.05) is 12.8 Å². The van der Waals surface area contributed by atoms with Crippen LogP contribution in [0.5, 0.6) is 0 Å². The number of hydrogen-bond donors (Lipinski definition) is 4. The zero-order valence-corrected chi connectivity index (χ0v) is 36.3. The molecule has 1 rings (SSSR count). The number of hydrogen-bond acceptors (Lipinski definition) is 10. The van der Waals surface area contributed by atoms with E-state index in [1.54, 1.807) is 0 Å². The minimum Gasteiger partial charge on any atom is -0.462 e. The van der Waals surface area contributed by atoms with Crippen molar-refractivity contribution in [1.29, 1.82) is 0 Å². The van der Waals surface area contributed by atoms with Gasteiger partial charge in [0.25, 0.3) is 0 Å². The van der Waals surface area contributed by atoms with E-state index in [4.69, 9.17) is 18.9 Å². The molecule has 1 saturated heterocycles. The van der Waals surface area contributed by atoms with E-state index in [9.17, 15) is 30.0 Å². The average Bonchev–Trinajstić information content (AvgIpc) is 3.21. The molecule has 0 aromatic carbocycles. The van der Waals surface area contributed by atoms with E-state index in [1.807, 2.05) is 0 Å². The molecule has 10 heteroatoms. The van der Waals surface area contributed by atoms with Crippen molar-refractivity contribution >= 4 is 11.9 Å². The Balaban J connectivity index is 2.32. The monoisotopic (exact) mass is 811 g/mol. The highest BCUT2D eigenvalue weighted by Gasteiger charge is 2.44. The maximum atomic E-state index is 12.8. The fourth-order valence-electron chi connectivity index (χ4n) is 7.06. The summed E-state index contributed by atoms with van der Waals surface area (Å²) in [6, 6.07) is 0. The number of aliphatic hydroxyl groups excluding tert-OH is 4. The third-order valence-corrected chi connectivity index (χ3v) is 10.8. The molecule has 1 aliphatic heterocycles. The van der Waals surface area contributed by atoms with Crippen LogP contribution in [0.2, 0.25) is 0 Å². The molecule has 334 valence electrons. The molecule has 10 nitrogen and oxygen atoms in total. The van der Waals surface area contributed by atoms with E-state index >= 15 is 0 Å². The van der Waals surface area contributed by atoms with Crippen molar-refractivity contribution in [1.82, 2.24) is 0 Å². The summed E-state index contributed by atoms with van der Waals surface area (Å²) >= 11 is 0. The number of esters is 2. The number of carbonyl (C=O) groups is 2. The predicted octanol–water partition coefficient (Wildman–Crippen LogP) is 10.1. The molecule has 6 atom stereocenters. The van der Waals surface area contributed by atoms with Crippen molar-refractivity contribution in [3.63, 3.8) is 0 Å². The summed E-state index contributed by atoms with van der Waals surface area (Å²) in [5.74, 6) is -0.824. The van der Waals surface area contributed by atoms with Gasteiger partial charge in [0.05, 0.1) is 13.2 Å². The number of unbranched alkanes of at least 4 members (excludes halogenated alkanes) is 24. The largest absolute Gasteiger partial charge is 0.462 e. The smallest absolute Gasteiger partial charge is 0.306 e. The van der Waals surface area contributed by atoms with Crippen LogP contribution in [0.1, 0.15) is 206 Å². The highest BCUT2D eigenvalue weighted by Crippen LogP contribution is 2.23. The third-order valence-electron chi connectivity index (χ3n) is 10.8. The van der Waals surface area contributed by atoms with Crippen LogP contribution >= 0.6 is 0 Å². The highest BCUT2D eigenvalue weighted by atomic mass is 16.7. The lowest BCUT2D eigenvalue weighted by atomic mass is 9.99. The van der Waals surface area contributed by atoms with Gasteiger partial charge in [-0.3, -0.25) is 9.59 Å². The van der Waals surface area contributed by atoms with Crippen molar-refractivity contribution in [3.8, 4) is 0 Å². The molecule has 0 aliphatic carbocycles. The zero-order valence-electron chi connectivity index (χ0n) is 36.3. The number of carbonyl (C=O) groups excluding carboxylic acids is 2. The van der Waals surface area contributed by atoms with Gasteiger partial charge in [0.15, 0.2) is 12.4 Å². The van der Waals surface area contributed by atoms with Crippen LogP contribution in [0.4, 0.5) is 0 Å². The van der Waals surface area contributed by atoms with E-state index in [1.165, 1.54) is 116 Å². The number of allylic oxidation sites excluding steroid dienone is 4. The van der Waals surface area contributed by atoms with Crippen molar-refractivity contribution in [2.45, 2.75) is 243 Å². The van der Waals surface area contributed by atoms with E-state index in [0.29, 0.717) is 12.8 Å². The Morgan fingerprint density at radius 1 is 0.526 bits per heavy atom. The topological polar surface area (TPSA) is 152 Å². The third kappa shape index (κ3) is 30.0. The van der Waals surface area contributed by atoms with Crippen LogP contribution in [0, 0.1) is 0 Å². The van der Waals surface area contributed by atoms with Crippen molar-refractivity contribution in [2.75, 3.05) is 19.8 Å². The molecular weight excluding hydrogens is 725 g/mol. The van der Waals surface area contributed by atoms with Crippen LogP contribution in [0.3, 0.4) is 0 Å². The van der Waals surface area contributed by atoms with Gasteiger partial charge in [0.2, 0.25) is 0 Å². The van der Waals surface area contributed by atoms with Gasteiger partial charge < -0.3 is 39.4 Å². The Hall–Kier alpha value is -1.82. The Morgan fingerprint density at radius 3 is 1.39 bits per heavy atom. The maximum Gasteiger partial charge on any atom is 0.306 e. The summed E-state index contributed by atoms with van der Waals surface area (Å²) in [6.07, 6.45) is 34.7. The van der Waals surface area contributed by atoms with Gasteiger partial charge in [-0.2, -0.15) is 0 Å². The van der Waals surface area contributed by atoms with E-state index in [0.717, 1.165) is 51.4 Å². The van der Waals surface area contributed by atoms with Gasteiger partial charge in [0.1, 0.15) is 31.0 Å². The summed E-state index contributed by atoms with van der Waals surface area (Å²) in [7, 11) is 0. The summed E-state index contributed by atoms with van der Waals surface area (Å²) < 4.78 is 22.2. The summed E-state index contributed by atoms with van der Waals surface area (Å²) in [6.45, 7) is 3.41. The SMILES string of the molecule is CCCCCCCC/C=C/CCCCCCCCCC(=O)O[C@H](COC(=O)CCCCC/C=C/CCCCCCCCCC)CO[C@@H]1O[C@H](CO)[C@H](O)C(O)C1O. The summed E-state index contributed by atoms with van der Waals surface area (Å²) in [5, 5.41) is 40.1. The van der Waals surface area contributed by atoms with Crippen molar-refractivity contribution < 1.29 is 49.0 Å². The molecule has 0 aromatic rings. The second kappa shape index (κ2) is 38.4. The molecule has 1 fully saturated rings. The molecule has 0 saturated carbocycles. The van der Waals surface area contributed by atoms with Crippen LogP contribution in [-0.4, -0.2) is 89.0 Å². The number of aliphatic hydroxyl groups is 4. The molecular formula is C47H86O10. The van der Waals surface area contributed by atoms with E-state index in [-0.39, 0.29) is 26.1 Å². The summed E-state index contributed by atoms with van der Waals surface area (Å²) in [5.41, 5.74) is 0.